The molecular formula is C12H16N2O3. The minimum Gasteiger partial charge on any atom is -0.480 e. The molecule has 1 aromatic carbocycles. The summed E-state index contributed by atoms with van der Waals surface area (Å²) in [6.07, 6.45) is 0.976. The van der Waals surface area contributed by atoms with Crippen molar-refractivity contribution >= 4 is 23.3 Å². The molecule has 1 rings (SSSR count). The standard InChI is InChI=1S/C12H16N2O3/c1-2-5-11(15)14(8-12(16)17)10-7-4-3-6-9(10)13/h3-4,6-7H,2,5,8,13H2,1H3,(H,16,17). The van der Waals surface area contributed by atoms with Crippen molar-refractivity contribution in [2.75, 3.05) is 17.2 Å². The van der Waals surface area contributed by atoms with Gasteiger partial charge >= 0.3 is 5.97 Å². The van der Waals surface area contributed by atoms with Crippen LogP contribution >= 0.6 is 0 Å². The second kappa shape index (κ2) is 5.89. The molecule has 1 amide bonds. The number of hydrogen-bond acceptors (Lipinski definition) is 3. The van der Waals surface area contributed by atoms with E-state index in [1.54, 1.807) is 24.3 Å². The molecule has 5 nitrogen and oxygen atoms in total. The predicted octanol–water partition coefficient (Wildman–Crippen LogP) is 1.49. The molecule has 0 aliphatic rings. The fraction of sp³-hybridized carbons (Fsp3) is 0.333. The summed E-state index contributed by atoms with van der Waals surface area (Å²) in [5.74, 6) is -1.29. The van der Waals surface area contributed by atoms with Gasteiger partial charge in [-0.15, -0.1) is 0 Å². The maximum Gasteiger partial charge on any atom is 0.323 e. The van der Waals surface area contributed by atoms with Crippen molar-refractivity contribution in [3.8, 4) is 0 Å². The summed E-state index contributed by atoms with van der Waals surface area (Å²) in [4.78, 5) is 23.8. The number of anilines is 2. The maximum absolute atomic E-state index is 11.8. The van der Waals surface area contributed by atoms with E-state index >= 15 is 0 Å². The van der Waals surface area contributed by atoms with Crippen LogP contribution in [0.5, 0.6) is 0 Å². The van der Waals surface area contributed by atoms with E-state index in [2.05, 4.69) is 0 Å². The van der Waals surface area contributed by atoms with E-state index in [1.165, 1.54) is 4.90 Å². The molecule has 17 heavy (non-hydrogen) atoms. The Kier molecular flexibility index (Phi) is 4.51. The van der Waals surface area contributed by atoms with Crippen LogP contribution in [0.1, 0.15) is 19.8 Å². The van der Waals surface area contributed by atoms with E-state index < -0.39 is 5.97 Å². The van der Waals surface area contributed by atoms with Crippen LogP contribution in [0.15, 0.2) is 24.3 Å². The molecule has 0 heterocycles. The smallest absolute Gasteiger partial charge is 0.323 e. The lowest BCUT2D eigenvalue weighted by Gasteiger charge is -2.22. The molecule has 0 spiro atoms. The molecular weight excluding hydrogens is 220 g/mol. The van der Waals surface area contributed by atoms with Crippen LogP contribution in [0.25, 0.3) is 0 Å². The van der Waals surface area contributed by atoms with Gasteiger partial charge in [-0.2, -0.15) is 0 Å². The van der Waals surface area contributed by atoms with Crippen molar-refractivity contribution in [1.29, 1.82) is 0 Å². The fourth-order valence-electron chi connectivity index (χ4n) is 1.53. The minimum atomic E-state index is -1.06. The first-order chi connectivity index (χ1) is 8.06. The van der Waals surface area contributed by atoms with Crippen LogP contribution in [-0.2, 0) is 9.59 Å². The molecule has 0 saturated heterocycles. The third kappa shape index (κ3) is 3.48. The third-order valence-electron chi connectivity index (χ3n) is 2.29. The summed E-state index contributed by atoms with van der Waals surface area (Å²) in [7, 11) is 0. The minimum absolute atomic E-state index is 0.229. The molecule has 0 fully saturated rings. The lowest BCUT2D eigenvalue weighted by Crippen LogP contribution is -2.36. The number of aliphatic carboxylic acids is 1. The lowest BCUT2D eigenvalue weighted by molar-refractivity contribution is -0.136. The summed E-state index contributed by atoms with van der Waals surface area (Å²) in [6, 6.07) is 6.75. The van der Waals surface area contributed by atoms with Gasteiger partial charge in [-0.1, -0.05) is 19.1 Å². The number of amides is 1. The van der Waals surface area contributed by atoms with Crippen LogP contribution in [-0.4, -0.2) is 23.5 Å². The first kappa shape index (κ1) is 13.0. The SMILES string of the molecule is CCCC(=O)N(CC(=O)O)c1ccccc1N. The van der Waals surface area contributed by atoms with Crippen molar-refractivity contribution in [3.63, 3.8) is 0 Å². The zero-order valence-corrected chi connectivity index (χ0v) is 9.72. The first-order valence-corrected chi connectivity index (χ1v) is 5.43. The van der Waals surface area contributed by atoms with Crippen LogP contribution < -0.4 is 10.6 Å². The molecule has 0 bridgehead atoms. The van der Waals surface area contributed by atoms with Gasteiger partial charge in [-0.3, -0.25) is 14.5 Å². The molecule has 0 radical (unpaired) electrons. The Morgan fingerprint density at radius 1 is 1.35 bits per heavy atom. The quantitative estimate of drug-likeness (QED) is 0.758. The van der Waals surface area contributed by atoms with Gasteiger partial charge in [0, 0.05) is 6.42 Å². The topological polar surface area (TPSA) is 83.6 Å². The Morgan fingerprint density at radius 2 is 2.00 bits per heavy atom. The second-order valence-corrected chi connectivity index (χ2v) is 3.68. The van der Waals surface area contributed by atoms with Crippen LogP contribution in [0, 0.1) is 0 Å². The average Bonchev–Trinajstić information content (AvgIpc) is 2.27. The van der Waals surface area contributed by atoms with Crippen LogP contribution in [0.3, 0.4) is 0 Å². The van der Waals surface area contributed by atoms with E-state index in [4.69, 9.17) is 10.8 Å². The highest BCUT2D eigenvalue weighted by atomic mass is 16.4. The van der Waals surface area contributed by atoms with Crippen LogP contribution in [0.4, 0.5) is 11.4 Å². The summed E-state index contributed by atoms with van der Waals surface area (Å²) in [5.41, 5.74) is 6.60. The van der Waals surface area contributed by atoms with Gasteiger partial charge in [-0.25, -0.2) is 0 Å². The molecule has 0 aliphatic heterocycles. The average molecular weight is 236 g/mol. The summed E-state index contributed by atoms with van der Waals surface area (Å²) in [5, 5.41) is 8.82. The van der Waals surface area contributed by atoms with Crippen molar-refractivity contribution in [1.82, 2.24) is 0 Å². The molecule has 0 aliphatic carbocycles. The number of carbonyl (C=O) groups is 2. The number of rotatable bonds is 5. The van der Waals surface area contributed by atoms with E-state index in [0.29, 0.717) is 24.2 Å². The largest absolute Gasteiger partial charge is 0.480 e. The molecule has 0 atom stereocenters. The predicted molar refractivity (Wildman–Crippen MR) is 65.8 cm³/mol. The number of nitrogens with two attached hydrogens (primary N) is 1. The number of carboxylic acids is 1. The number of carbonyl (C=O) groups excluding carboxylic acids is 1. The highest BCUT2D eigenvalue weighted by molar-refractivity contribution is 5.99. The third-order valence-corrected chi connectivity index (χ3v) is 2.29. The van der Waals surface area contributed by atoms with Gasteiger partial charge in [0.1, 0.15) is 6.54 Å². The Labute approximate surface area is 99.8 Å². The Balaban J connectivity index is 3.01. The Hall–Kier alpha value is -2.04. The van der Waals surface area contributed by atoms with Crippen LogP contribution in [0.2, 0.25) is 0 Å². The Morgan fingerprint density at radius 3 is 2.53 bits per heavy atom. The van der Waals surface area contributed by atoms with Crippen molar-refractivity contribution in [3.05, 3.63) is 24.3 Å². The second-order valence-electron chi connectivity index (χ2n) is 3.68. The summed E-state index contributed by atoms with van der Waals surface area (Å²) >= 11 is 0. The molecule has 1 aromatic rings. The van der Waals surface area contributed by atoms with Crippen molar-refractivity contribution in [2.24, 2.45) is 0 Å². The van der Waals surface area contributed by atoms with Gasteiger partial charge in [0.15, 0.2) is 0 Å². The van der Waals surface area contributed by atoms with E-state index in [-0.39, 0.29) is 12.5 Å². The zero-order valence-electron chi connectivity index (χ0n) is 9.72. The number of benzene rings is 1. The van der Waals surface area contributed by atoms with Gasteiger partial charge in [0.05, 0.1) is 11.4 Å². The van der Waals surface area contributed by atoms with Gasteiger partial charge in [0.25, 0.3) is 0 Å². The molecule has 5 heteroatoms. The highest BCUT2D eigenvalue weighted by Crippen LogP contribution is 2.23. The van der Waals surface area contributed by atoms with E-state index in [0.717, 1.165) is 0 Å². The highest BCUT2D eigenvalue weighted by Gasteiger charge is 2.19. The lowest BCUT2D eigenvalue weighted by atomic mass is 10.2. The number of nitrogens with zero attached hydrogens (tertiary/aromatic N) is 1. The summed E-state index contributed by atoms with van der Waals surface area (Å²) in [6.45, 7) is 1.50. The number of carboxylic acid groups (broad SMARTS) is 1. The van der Waals surface area contributed by atoms with Gasteiger partial charge in [0.2, 0.25) is 5.91 Å². The van der Waals surface area contributed by atoms with E-state index in [1.807, 2.05) is 6.92 Å². The number of hydrogen-bond donors (Lipinski definition) is 2. The van der Waals surface area contributed by atoms with Crippen molar-refractivity contribution in [2.45, 2.75) is 19.8 Å². The first-order valence-electron chi connectivity index (χ1n) is 5.43. The summed E-state index contributed by atoms with van der Waals surface area (Å²) < 4.78 is 0. The molecule has 0 unspecified atom stereocenters. The Bertz CT molecular complexity index is 418. The van der Waals surface area contributed by atoms with E-state index in [9.17, 15) is 9.59 Å². The molecule has 0 saturated carbocycles. The monoisotopic (exact) mass is 236 g/mol. The maximum atomic E-state index is 11.8. The number of nitrogen functional groups attached to an aromatic ring is 1. The van der Waals surface area contributed by atoms with Gasteiger partial charge < -0.3 is 10.8 Å². The molecule has 92 valence electrons. The molecule has 0 aromatic heterocycles. The zero-order chi connectivity index (χ0) is 12.8. The fourth-order valence-corrected chi connectivity index (χ4v) is 1.53. The molecule has 3 N–H and O–H groups in total. The number of para-hydroxylation sites is 2. The van der Waals surface area contributed by atoms with Gasteiger partial charge in [-0.05, 0) is 18.6 Å². The van der Waals surface area contributed by atoms with Crippen molar-refractivity contribution < 1.29 is 14.7 Å². The normalized spacial score (nSPS) is 9.94.